The Morgan fingerprint density at radius 1 is 1.27 bits per heavy atom. The average molecular weight is 353 g/mol. The van der Waals surface area contributed by atoms with E-state index in [2.05, 4.69) is 0 Å². The first-order valence-corrected chi connectivity index (χ1v) is 8.17. The molecule has 0 atom stereocenters. The molecule has 0 aliphatic carbocycles. The predicted molar refractivity (Wildman–Crippen MR) is 87.5 cm³/mol. The van der Waals surface area contributed by atoms with Crippen LogP contribution < -0.4 is 10.5 Å². The molecule has 5 nitrogen and oxygen atoms in total. The highest BCUT2D eigenvalue weighted by Gasteiger charge is 2.21. The van der Waals surface area contributed by atoms with E-state index in [0.717, 1.165) is 0 Å². The van der Waals surface area contributed by atoms with Gasteiger partial charge in [0.15, 0.2) is 0 Å². The van der Waals surface area contributed by atoms with Gasteiger partial charge < -0.3 is 10.5 Å². The van der Waals surface area contributed by atoms with Gasteiger partial charge in [0.05, 0.1) is 4.90 Å². The molecule has 1 rings (SSSR count). The minimum atomic E-state index is -3.48. The first-order chi connectivity index (χ1) is 9.95. The molecule has 1 aromatic rings. The molecular formula is C14H22ClFN2O3S. The quantitative estimate of drug-likeness (QED) is 0.779. The number of hydrogen-bond acceptors (Lipinski definition) is 4. The molecule has 0 saturated heterocycles. The molecule has 0 aliphatic rings. The van der Waals surface area contributed by atoms with Crippen LogP contribution in [-0.2, 0) is 10.0 Å². The lowest BCUT2D eigenvalue weighted by Crippen LogP contribution is -2.30. The Bertz CT molecular complexity index is 572. The second-order valence-electron chi connectivity index (χ2n) is 4.24. The van der Waals surface area contributed by atoms with Crippen LogP contribution in [0, 0.1) is 0 Å². The van der Waals surface area contributed by atoms with Gasteiger partial charge in [-0.1, -0.05) is 13.8 Å². The zero-order valence-electron chi connectivity index (χ0n) is 12.7. The zero-order chi connectivity index (χ0) is 15.9. The molecule has 126 valence electrons. The van der Waals surface area contributed by atoms with Gasteiger partial charge in [0.2, 0.25) is 10.0 Å². The van der Waals surface area contributed by atoms with Crippen molar-refractivity contribution >= 4 is 22.4 Å². The molecule has 0 amide bonds. The van der Waals surface area contributed by atoms with Gasteiger partial charge in [0.25, 0.3) is 0 Å². The number of benzene rings is 1. The van der Waals surface area contributed by atoms with Gasteiger partial charge in [-0.3, -0.25) is 0 Å². The number of sulfonamides is 1. The van der Waals surface area contributed by atoms with Crippen LogP contribution in [0.3, 0.4) is 0 Å². The number of nitrogens with zero attached hydrogens (tertiary/aromatic N) is 1. The van der Waals surface area contributed by atoms with Crippen molar-refractivity contribution in [3.8, 4) is 5.75 Å². The topological polar surface area (TPSA) is 72.6 Å². The van der Waals surface area contributed by atoms with Crippen LogP contribution in [0.2, 0.25) is 0 Å². The molecule has 8 heteroatoms. The number of nitrogens with two attached hydrogens (primary N) is 1. The standard InChI is InChI=1S/C14H21FN2O3S.ClH/c1-3-17(4-2)21(18,19)14-7-5-13(6-8-14)20-11-12(15)9-10-16;/h5-9H,3-4,10-11,16H2,1-2H3;1H. The molecule has 0 fully saturated rings. The molecule has 0 spiro atoms. The fraction of sp³-hybridized carbons (Fsp3) is 0.429. The Hall–Kier alpha value is -1.15. The summed E-state index contributed by atoms with van der Waals surface area (Å²) in [7, 11) is -3.48. The summed E-state index contributed by atoms with van der Waals surface area (Å²) in [6.45, 7) is 4.27. The summed E-state index contributed by atoms with van der Waals surface area (Å²) in [5, 5.41) is 0. The highest BCUT2D eigenvalue weighted by Crippen LogP contribution is 2.19. The number of hydrogen-bond donors (Lipinski definition) is 1. The molecular weight excluding hydrogens is 331 g/mol. The first-order valence-electron chi connectivity index (χ1n) is 6.73. The van der Waals surface area contributed by atoms with Crippen LogP contribution in [-0.4, -0.2) is 39.0 Å². The van der Waals surface area contributed by atoms with E-state index in [1.165, 1.54) is 34.6 Å². The molecule has 0 aliphatic heterocycles. The first kappa shape index (κ1) is 20.9. The Kier molecular flexibility index (Phi) is 9.27. The SMILES string of the molecule is CCN(CC)S(=O)(=O)c1ccc(OCC(F)=CCN)cc1.Cl. The van der Waals surface area contributed by atoms with E-state index in [4.69, 9.17) is 10.5 Å². The minimum absolute atomic E-state index is 0. The van der Waals surface area contributed by atoms with E-state index in [1.807, 2.05) is 0 Å². The van der Waals surface area contributed by atoms with E-state index < -0.39 is 15.9 Å². The van der Waals surface area contributed by atoms with Crippen LogP contribution in [0.15, 0.2) is 41.1 Å². The van der Waals surface area contributed by atoms with Gasteiger partial charge in [0.1, 0.15) is 18.2 Å². The monoisotopic (exact) mass is 352 g/mol. The van der Waals surface area contributed by atoms with Gasteiger partial charge in [-0.2, -0.15) is 4.31 Å². The molecule has 0 radical (unpaired) electrons. The fourth-order valence-electron chi connectivity index (χ4n) is 1.76. The van der Waals surface area contributed by atoms with Crippen molar-refractivity contribution in [3.05, 3.63) is 36.2 Å². The summed E-state index contributed by atoms with van der Waals surface area (Å²) < 4.78 is 44.2. The van der Waals surface area contributed by atoms with Crippen LogP contribution in [0.1, 0.15) is 13.8 Å². The summed E-state index contributed by atoms with van der Waals surface area (Å²) in [5.41, 5.74) is 5.18. The zero-order valence-corrected chi connectivity index (χ0v) is 14.3. The van der Waals surface area contributed by atoms with E-state index in [-0.39, 0.29) is 30.5 Å². The van der Waals surface area contributed by atoms with Crippen molar-refractivity contribution in [1.29, 1.82) is 0 Å². The van der Waals surface area contributed by atoms with E-state index in [1.54, 1.807) is 13.8 Å². The third-order valence-corrected chi connectivity index (χ3v) is 4.95. The van der Waals surface area contributed by atoms with Crippen molar-refractivity contribution in [2.45, 2.75) is 18.7 Å². The van der Waals surface area contributed by atoms with Crippen molar-refractivity contribution in [2.75, 3.05) is 26.2 Å². The lowest BCUT2D eigenvalue weighted by atomic mass is 10.3. The van der Waals surface area contributed by atoms with Crippen molar-refractivity contribution < 1.29 is 17.5 Å². The molecule has 2 N–H and O–H groups in total. The van der Waals surface area contributed by atoms with Crippen LogP contribution >= 0.6 is 12.4 Å². The summed E-state index contributed by atoms with van der Waals surface area (Å²) in [6.07, 6.45) is 1.22. The smallest absolute Gasteiger partial charge is 0.243 e. The molecule has 22 heavy (non-hydrogen) atoms. The van der Waals surface area contributed by atoms with Gasteiger partial charge in [0, 0.05) is 19.6 Å². The maximum atomic E-state index is 13.1. The normalized spacial score (nSPS) is 12.1. The number of halogens is 2. The maximum Gasteiger partial charge on any atom is 0.243 e. The third-order valence-electron chi connectivity index (χ3n) is 2.88. The summed E-state index contributed by atoms with van der Waals surface area (Å²) in [5.74, 6) is -0.0635. The maximum absolute atomic E-state index is 13.1. The van der Waals surface area contributed by atoms with Gasteiger partial charge in [-0.05, 0) is 30.3 Å². The van der Waals surface area contributed by atoms with Crippen LogP contribution in [0.4, 0.5) is 4.39 Å². The van der Waals surface area contributed by atoms with Crippen molar-refractivity contribution in [1.82, 2.24) is 4.31 Å². The third kappa shape index (κ3) is 5.57. The highest BCUT2D eigenvalue weighted by molar-refractivity contribution is 7.89. The molecule has 0 bridgehead atoms. The van der Waals surface area contributed by atoms with Gasteiger partial charge in [-0.15, -0.1) is 12.4 Å². The second-order valence-corrected chi connectivity index (χ2v) is 6.17. The van der Waals surface area contributed by atoms with Gasteiger partial charge >= 0.3 is 0 Å². The summed E-state index contributed by atoms with van der Waals surface area (Å²) in [6, 6.07) is 5.92. The average Bonchev–Trinajstić information content (AvgIpc) is 2.47. The Morgan fingerprint density at radius 3 is 2.27 bits per heavy atom. The molecule has 0 unspecified atom stereocenters. The molecule has 0 saturated carbocycles. The van der Waals surface area contributed by atoms with E-state index >= 15 is 0 Å². The Labute approximate surface area is 137 Å². The van der Waals surface area contributed by atoms with E-state index in [0.29, 0.717) is 18.8 Å². The Morgan fingerprint density at radius 2 is 1.82 bits per heavy atom. The lowest BCUT2D eigenvalue weighted by Gasteiger charge is -2.18. The summed E-state index contributed by atoms with van der Waals surface area (Å²) >= 11 is 0. The lowest BCUT2D eigenvalue weighted by molar-refractivity contribution is 0.318. The fourth-order valence-corrected chi connectivity index (χ4v) is 3.22. The van der Waals surface area contributed by atoms with Gasteiger partial charge in [-0.25, -0.2) is 12.8 Å². The second kappa shape index (κ2) is 9.78. The number of ether oxygens (including phenoxy) is 1. The molecule has 0 heterocycles. The van der Waals surface area contributed by atoms with Crippen LogP contribution in [0.25, 0.3) is 0 Å². The summed E-state index contributed by atoms with van der Waals surface area (Å²) in [4.78, 5) is 0.191. The highest BCUT2D eigenvalue weighted by atomic mass is 35.5. The van der Waals surface area contributed by atoms with Crippen LogP contribution in [0.5, 0.6) is 5.75 Å². The van der Waals surface area contributed by atoms with E-state index in [9.17, 15) is 12.8 Å². The van der Waals surface area contributed by atoms with Crippen molar-refractivity contribution in [3.63, 3.8) is 0 Å². The molecule has 0 aromatic heterocycles. The van der Waals surface area contributed by atoms with Crippen molar-refractivity contribution in [2.24, 2.45) is 5.73 Å². The number of rotatable bonds is 8. The predicted octanol–water partition coefficient (Wildman–Crippen LogP) is 2.33. The molecule has 1 aromatic carbocycles. The largest absolute Gasteiger partial charge is 0.487 e. The minimum Gasteiger partial charge on any atom is -0.487 e. The Balaban J connectivity index is 0.00000441.